The normalized spacial score (nSPS) is 11.1. The molecule has 0 amide bonds. The summed E-state index contributed by atoms with van der Waals surface area (Å²) in [6.45, 7) is 1.29. The molecule has 0 radical (unpaired) electrons. The van der Waals surface area contributed by atoms with E-state index < -0.39 is 0 Å². The van der Waals surface area contributed by atoms with E-state index in [0.29, 0.717) is 30.1 Å². The number of halogens is 1. The molecule has 0 aliphatic heterocycles. The van der Waals surface area contributed by atoms with E-state index in [2.05, 4.69) is 15.1 Å². The van der Waals surface area contributed by atoms with E-state index in [9.17, 15) is 4.39 Å². The molecular weight excluding hydrogens is 297 g/mol. The van der Waals surface area contributed by atoms with Gasteiger partial charge in [0.1, 0.15) is 17.3 Å². The molecule has 5 nitrogen and oxygen atoms in total. The van der Waals surface area contributed by atoms with Crippen LogP contribution in [0, 0.1) is 5.82 Å². The van der Waals surface area contributed by atoms with Crippen LogP contribution in [0.3, 0.4) is 0 Å². The van der Waals surface area contributed by atoms with Crippen LogP contribution in [0.4, 0.5) is 4.39 Å². The average Bonchev–Trinajstić information content (AvgIpc) is 3.19. The third-order valence-electron chi connectivity index (χ3n) is 3.61. The van der Waals surface area contributed by atoms with Crippen LogP contribution in [0.25, 0.3) is 11.3 Å². The van der Waals surface area contributed by atoms with E-state index in [1.807, 2.05) is 19.2 Å². The molecule has 0 saturated carbocycles. The molecule has 1 N–H and O–H groups in total. The van der Waals surface area contributed by atoms with Crippen molar-refractivity contribution < 1.29 is 13.5 Å². The van der Waals surface area contributed by atoms with Crippen molar-refractivity contribution in [3.63, 3.8) is 0 Å². The minimum atomic E-state index is -0.344. The molecule has 0 aliphatic carbocycles. The average molecular weight is 315 g/mol. The summed E-state index contributed by atoms with van der Waals surface area (Å²) < 4.78 is 24.6. The Morgan fingerprint density at radius 3 is 2.87 bits per heavy atom. The zero-order chi connectivity index (χ0) is 16.2. The molecule has 0 saturated heterocycles. The lowest BCUT2D eigenvalue weighted by molar-refractivity contribution is 0.288. The minimum Gasteiger partial charge on any atom is -0.497 e. The number of nitrogens with zero attached hydrogens (tertiary/aromatic N) is 2. The Bertz CT molecular complexity index is 768. The Labute approximate surface area is 133 Å². The van der Waals surface area contributed by atoms with Gasteiger partial charge in [0.2, 0.25) is 0 Å². The summed E-state index contributed by atoms with van der Waals surface area (Å²) in [7, 11) is 3.49. The first kappa shape index (κ1) is 15.3. The largest absolute Gasteiger partial charge is 0.497 e. The summed E-state index contributed by atoms with van der Waals surface area (Å²) >= 11 is 0. The molecule has 2 heterocycles. The van der Waals surface area contributed by atoms with Crippen LogP contribution in [-0.2, 0) is 13.1 Å². The third kappa shape index (κ3) is 3.43. The molecule has 2 aromatic heterocycles. The summed E-state index contributed by atoms with van der Waals surface area (Å²) in [5.74, 6) is 1.03. The summed E-state index contributed by atoms with van der Waals surface area (Å²) in [5.41, 5.74) is 2.07. The van der Waals surface area contributed by atoms with E-state index in [0.717, 1.165) is 11.3 Å². The lowest BCUT2D eigenvalue weighted by Crippen LogP contribution is -2.17. The molecule has 0 fully saturated rings. The number of H-pyrrole nitrogens is 1. The van der Waals surface area contributed by atoms with Crippen LogP contribution in [0.1, 0.15) is 11.3 Å². The number of ether oxygens (including phenoxy) is 1. The van der Waals surface area contributed by atoms with Crippen molar-refractivity contribution in [3.05, 3.63) is 59.9 Å². The highest BCUT2D eigenvalue weighted by Gasteiger charge is 2.15. The number of benzene rings is 1. The fraction of sp³-hybridized carbons (Fsp3) is 0.235. The molecule has 6 heteroatoms. The van der Waals surface area contributed by atoms with Gasteiger partial charge in [-0.1, -0.05) is 0 Å². The third-order valence-corrected chi connectivity index (χ3v) is 3.61. The SMILES string of the molecule is COc1ccc(-c2[nH]ncc2CN(C)Cc2ccco2)c(F)c1. The second-order valence-corrected chi connectivity index (χ2v) is 5.37. The summed E-state index contributed by atoms with van der Waals surface area (Å²) in [6, 6.07) is 8.58. The van der Waals surface area contributed by atoms with Gasteiger partial charge in [-0.25, -0.2) is 4.39 Å². The van der Waals surface area contributed by atoms with Gasteiger partial charge in [-0.15, -0.1) is 0 Å². The molecular formula is C17H18FN3O2. The highest BCUT2D eigenvalue weighted by atomic mass is 19.1. The van der Waals surface area contributed by atoms with Gasteiger partial charge >= 0.3 is 0 Å². The highest BCUT2D eigenvalue weighted by molar-refractivity contribution is 5.64. The number of hydrogen-bond acceptors (Lipinski definition) is 4. The quantitative estimate of drug-likeness (QED) is 0.757. The number of hydrogen-bond donors (Lipinski definition) is 1. The number of aromatic amines is 1. The minimum absolute atomic E-state index is 0.344. The van der Waals surface area contributed by atoms with Gasteiger partial charge in [-0.05, 0) is 31.3 Å². The number of furan rings is 1. The van der Waals surface area contributed by atoms with Crippen molar-refractivity contribution >= 4 is 0 Å². The maximum atomic E-state index is 14.3. The zero-order valence-electron chi connectivity index (χ0n) is 13.0. The molecule has 23 heavy (non-hydrogen) atoms. The molecule has 0 bridgehead atoms. The van der Waals surface area contributed by atoms with Crippen molar-refractivity contribution in [2.75, 3.05) is 14.2 Å². The molecule has 3 aromatic rings. The van der Waals surface area contributed by atoms with Gasteiger partial charge in [-0.3, -0.25) is 10.00 Å². The highest BCUT2D eigenvalue weighted by Crippen LogP contribution is 2.28. The summed E-state index contributed by atoms with van der Waals surface area (Å²) in [4.78, 5) is 2.08. The Morgan fingerprint density at radius 2 is 2.17 bits per heavy atom. The molecule has 3 rings (SSSR count). The van der Waals surface area contributed by atoms with Crippen molar-refractivity contribution in [2.45, 2.75) is 13.1 Å². The number of rotatable bonds is 6. The smallest absolute Gasteiger partial charge is 0.136 e. The van der Waals surface area contributed by atoms with Crippen LogP contribution in [0.15, 0.2) is 47.2 Å². The van der Waals surface area contributed by atoms with Gasteiger partial charge in [0, 0.05) is 23.7 Å². The van der Waals surface area contributed by atoms with Crippen LogP contribution in [0.5, 0.6) is 5.75 Å². The summed E-state index contributed by atoms with van der Waals surface area (Å²) in [5, 5.41) is 6.94. The lowest BCUT2D eigenvalue weighted by Gasteiger charge is -2.15. The molecule has 0 unspecified atom stereocenters. The predicted molar refractivity (Wildman–Crippen MR) is 84.4 cm³/mol. The van der Waals surface area contributed by atoms with Crippen LogP contribution >= 0.6 is 0 Å². The van der Waals surface area contributed by atoms with Gasteiger partial charge in [0.15, 0.2) is 0 Å². The second-order valence-electron chi connectivity index (χ2n) is 5.37. The van der Waals surface area contributed by atoms with E-state index in [4.69, 9.17) is 9.15 Å². The standard InChI is InChI=1S/C17H18FN3O2/c1-21(11-14-4-3-7-23-14)10-12-9-19-20-17(12)15-6-5-13(22-2)8-16(15)18/h3-9H,10-11H2,1-2H3,(H,19,20). The first-order valence-corrected chi connectivity index (χ1v) is 7.24. The predicted octanol–water partition coefficient (Wildman–Crippen LogP) is 3.45. The topological polar surface area (TPSA) is 54.3 Å². The summed E-state index contributed by atoms with van der Waals surface area (Å²) in [6.07, 6.45) is 3.37. The Balaban J connectivity index is 1.79. The Hall–Kier alpha value is -2.60. The first-order chi connectivity index (χ1) is 11.2. The first-order valence-electron chi connectivity index (χ1n) is 7.24. The van der Waals surface area contributed by atoms with Crippen molar-refractivity contribution in [2.24, 2.45) is 0 Å². The molecule has 0 spiro atoms. The Morgan fingerprint density at radius 1 is 1.30 bits per heavy atom. The fourth-order valence-corrected chi connectivity index (χ4v) is 2.51. The van der Waals surface area contributed by atoms with Crippen molar-refractivity contribution in [3.8, 4) is 17.0 Å². The number of nitrogens with one attached hydrogen (secondary N) is 1. The van der Waals surface area contributed by atoms with Crippen LogP contribution in [0.2, 0.25) is 0 Å². The maximum Gasteiger partial charge on any atom is 0.136 e. The maximum absolute atomic E-state index is 14.3. The fourth-order valence-electron chi connectivity index (χ4n) is 2.51. The number of aromatic nitrogens is 2. The van der Waals surface area contributed by atoms with Gasteiger partial charge in [-0.2, -0.15) is 5.10 Å². The van der Waals surface area contributed by atoms with Gasteiger partial charge in [0.05, 0.1) is 31.8 Å². The van der Waals surface area contributed by atoms with E-state index >= 15 is 0 Å². The van der Waals surface area contributed by atoms with Crippen LogP contribution < -0.4 is 4.74 Å². The molecule has 1 aromatic carbocycles. The van der Waals surface area contributed by atoms with Gasteiger partial charge in [0.25, 0.3) is 0 Å². The van der Waals surface area contributed by atoms with Gasteiger partial charge < -0.3 is 9.15 Å². The monoisotopic (exact) mass is 315 g/mol. The van der Waals surface area contributed by atoms with Crippen LogP contribution in [-0.4, -0.2) is 29.3 Å². The van der Waals surface area contributed by atoms with Crippen molar-refractivity contribution in [1.82, 2.24) is 15.1 Å². The van der Waals surface area contributed by atoms with E-state index in [1.54, 1.807) is 24.6 Å². The lowest BCUT2D eigenvalue weighted by atomic mass is 10.1. The van der Waals surface area contributed by atoms with E-state index in [1.165, 1.54) is 13.2 Å². The zero-order valence-corrected chi connectivity index (χ0v) is 13.0. The van der Waals surface area contributed by atoms with Crippen molar-refractivity contribution in [1.29, 1.82) is 0 Å². The molecule has 0 atom stereocenters. The second kappa shape index (κ2) is 6.66. The van der Waals surface area contributed by atoms with E-state index in [-0.39, 0.29) is 5.82 Å². The molecule has 0 aliphatic rings. The Kier molecular flexibility index (Phi) is 4.43. The number of methoxy groups -OCH3 is 1. The molecule has 120 valence electrons.